The van der Waals surface area contributed by atoms with Gasteiger partial charge in [-0.05, 0) is 45.4 Å². The molecule has 0 fully saturated rings. The zero-order chi connectivity index (χ0) is 20.0. The second-order valence-corrected chi connectivity index (χ2v) is 6.22. The number of nitrogens with one attached hydrogen (secondary N) is 1. The van der Waals surface area contributed by atoms with Crippen LogP contribution in [0.5, 0.6) is 0 Å². The summed E-state index contributed by atoms with van der Waals surface area (Å²) in [5, 5.41) is 0. The van der Waals surface area contributed by atoms with Gasteiger partial charge in [0.1, 0.15) is 18.9 Å². The van der Waals surface area contributed by atoms with E-state index >= 15 is 0 Å². The van der Waals surface area contributed by atoms with Crippen molar-refractivity contribution in [3.63, 3.8) is 0 Å². The van der Waals surface area contributed by atoms with Gasteiger partial charge in [0.05, 0.1) is 17.2 Å². The van der Waals surface area contributed by atoms with Crippen molar-refractivity contribution in [3.8, 4) is 0 Å². The lowest BCUT2D eigenvalue weighted by Gasteiger charge is -2.08. The van der Waals surface area contributed by atoms with Gasteiger partial charge in [-0.2, -0.15) is 0 Å². The molecule has 2 rings (SSSR count). The largest absolute Gasteiger partial charge is 0.459 e. The Morgan fingerprint density at radius 3 is 2.11 bits per heavy atom. The number of H-pyrrole nitrogens is 1. The maximum atomic E-state index is 12.2. The molecule has 0 amide bonds. The predicted molar refractivity (Wildman–Crippen MR) is 97.8 cm³/mol. The number of aromatic nitrogens is 1. The monoisotopic (exact) mass is 373 g/mol. The fourth-order valence-electron chi connectivity index (χ4n) is 2.53. The standard InChI is InChI=1S/C20H23NO6/c1-12(2)27-19(23)16-13(3)17(21-14(16)4)20(24)26-11-10-25-18(22)15-8-6-5-7-9-15/h5-9,12,21H,10-11H2,1-4H3. The summed E-state index contributed by atoms with van der Waals surface area (Å²) in [5.74, 6) is -1.61. The number of aryl methyl sites for hydroxylation is 1. The second kappa shape index (κ2) is 9.02. The Morgan fingerprint density at radius 2 is 1.52 bits per heavy atom. The molecule has 1 heterocycles. The molecule has 0 aliphatic carbocycles. The lowest BCUT2D eigenvalue weighted by molar-refractivity contribution is 0.0262. The van der Waals surface area contributed by atoms with Crippen LogP contribution in [-0.4, -0.2) is 42.2 Å². The highest BCUT2D eigenvalue weighted by Gasteiger charge is 2.24. The molecule has 0 unspecified atom stereocenters. The minimum Gasteiger partial charge on any atom is -0.459 e. The summed E-state index contributed by atoms with van der Waals surface area (Å²) in [6.07, 6.45) is -0.263. The molecule has 144 valence electrons. The third-order valence-corrected chi connectivity index (χ3v) is 3.75. The molecule has 0 aliphatic heterocycles. The summed E-state index contributed by atoms with van der Waals surface area (Å²) >= 11 is 0. The van der Waals surface area contributed by atoms with Crippen LogP contribution in [0, 0.1) is 13.8 Å². The van der Waals surface area contributed by atoms with Crippen molar-refractivity contribution in [1.29, 1.82) is 0 Å². The summed E-state index contributed by atoms with van der Waals surface area (Å²) in [6, 6.07) is 8.53. The number of hydrogen-bond acceptors (Lipinski definition) is 6. The fourth-order valence-corrected chi connectivity index (χ4v) is 2.53. The first-order valence-electron chi connectivity index (χ1n) is 8.60. The van der Waals surface area contributed by atoms with Gasteiger partial charge in [0.2, 0.25) is 0 Å². The predicted octanol–water partition coefficient (Wildman–Crippen LogP) is 3.21. The second-order valence-electron chi connectivity index (χ2n) is 6.22. The maximum Gasteiger partial charge on any atom is 0.355 e. The van der Waals surface area contributed by atoms with E-state index in [0.717, 1.165) is 0 Å². The molecule has 7 nitrogen and oxygen atoms in total. The molecule has 27 heavy (non-hydrogen) atoms. The number of esters is 3. The van der Waals surface area contributed by atoms with Crippen LogP contribution >= 0.6 is 0 Å². The molecular weight excluding hydrogens is 350 g/mol. The molecule has 2 aromatic rings. The van der Waals surface area contributed by atoms with Crippen molar-refractivity contribution in [1.82, 2.24) is 4.98 Å². The van der Waals surface area contributed by atoms with E-state index in [1.165, 1.54) is 0 Å². The van der Waals surface area contributed by atoms with Crippen LogP contribution in [-0.2, 0) is 14.2 Å². The number of aromatic amines is 1. The van der Waals surface area contributed by atoms with Gasteiger partial charge >= 0.3 is 17.9 Å². The van der Waals surface area contributed by atoms with E-state index in [0.29, 0.717) is 22.4 Å². The van der Waals surface area contributed by atoms with Crippen molar-refractivity contribution in [3.05, 3.63) is 58.4 Å². The van der Waals surface area contributed by atoms with Crippen LogP contribution in [0.15, 0.2) is 30.3 Å². The highest BCUT2D eigenvalue weighted by Crippen LogP contribution is 2.20. The van der Waals surface area contributed by atoms with Crippen molar-refractivity contribution in [2.75, 3.05) is 13.2 Å². The number of benzene rings is 1. The van der Waals surface area contributed by atoms with Crippen molar-refractivity contribution < 1.29 is 28.6 Å². The Labute approximate surface area is 157 Å². The van der Waals surface area contributed by atoms with E-state index in [-0.39, 0.29) is 25.0 Å². The number of hydrogen-bond donors (Lipinski definition) is 1. The van der Waals surface area contributed by atoms with Gasteiger partial charge in [0, 0.05) is 5.69 Å². The van der Waals surface area contributed by atoms with E-state index in [9.17, 15) is 14.4 Å². The number of carbonyl (C=O) groups is 3. The van der Waals surface area contributed by atoms with Crippen LogP contribution in [0.4, 0.5) is 0 Å². The SMILES string of the molecule is Cc1[nH]c(C(=O)OCCOC(=O)c2ccccc2)c(C)c1C(=O)OC(C)C. The van der Waals surface area contributed by atoms with Crippen molar-refractivity contribution in [2.45, 2.75) is 33.8 Å². The molecule has 1 aromatic carbocycles. The van der Waals surface area contributed by atoms with E-state index in [4.69, 9.17) is 14.2 Å². The lowest BCUT2D eigenvalue weighted by Crippen LogP contribution is -2.15. The van der Waals surface area contributed by atoms with Crippen LogP contribution in [0.25, 0.3) is 0 Å². The summed E-state index contributed by atoms with van der Waals surface area (Å²) < 4.78 is 15.4. The first-order chi connectivity index (χ1) is 12.8. The molecule has 0 saturated carbocycles. The van der Waals surface area contributed by atoms with Crippen LogP contribution in [0.1, 0.15) is 56.3 Å². The van der Waals surface area contributed by atoms with E-state index in [1.54, 1.807) is 58.0 Å². The lowest BCUT2D eigenvalue weighted by atomic mass is 10.1. The fraction of sp³-hybridized carbons (Fsp3) is 0.350. The smallest absolute Gasteiger partial charge is 0.355 e. The minimum absolute atomic E-state index is 0.0690. The number of rotatable bonds is 7. The molecule has 7 heteroatoms. The van der Waals surface area contributed by atoms with Gasteiger partial charge in [-0.15, -0.1) is 0 Å². The van der Waals surface area contributed by atoms with Gasteiger partial charge in [0.15, 0.2) is 0 Å². The van der Waals surface area contributed by atoms with Gasteiger partial charge < -0.3 is 19.2 Å². The summed E-state index contributed by atoms with van der Waals surface area (Å²) in [7, 11) is 0. The van der Waals surface area contributed by atoms with Crippen molar-refractivity contribution >= 4 is 17.9 Å². The average Bonchev–Trinajstić information content (AvgIpc) is 2.93. The Hall–Kier alpha value is -3.09. The normalized spacial score (nSPS) is 10.6. The minimum atomic E-state index is -0.630. The first-order valence-corrected chi connectivity index (χ1v) is 8.60. The summed E-state index contributed by atoms with van der Waals surface area (Å²) in [4.78, 5) is 39.1. The highest BCUT2D eigenvalue weighted by molar-refractivity contribution is 5.98. The zero-order valence-electron chi connectivity index (χ0n) is 15.8. The van der Waals surface area contributed by atoms with Crippen LogP contribution in [0.3, 0.4) is 0 Å². The number of ether oxygens (including phenoxy) is 3. The van der Waals surface area contributed by atoms with Gasteiger partial charge in [0.25, 0.3) is 0 Å². The molecule has 0 spiro atoms. The van der Waals surface area contributed by atoms with Crippen LogP contribution in [0.2, 0.25) is 0 Å². The Bertz CT molecular complexity index is 822. The topological polar surface area (TPSA) is 94.7 Å². The molecule has 1 N–H and O–H groups in total. The molecule has 0 atom stereocenters. The molecule has 0 bridgehead atoms. The average molecular weight is 373 g/mol. The summed E-state index contributed by atoms with van der Waals surface area (Å²) in [5.41, 5.74) is 1.92. The Kier molecular flexibility index (Phi) is 6.76. The van der Waals surface area contributed by atoms with E-state index < -0.39 is 17.9 Å². The molecule has 0 radical (unpaired) electrons. The van der Waals surface area contributed by atoms with Gasteiger partial charge in [-0.1, -0.05) is 18.2 Å². The molecule has 0 aliphatic rings. The third kappa shape index (κ3) is 5.20. The molecular formula is C20H23NO6. The molecule has 1 aromatic heterocycles. The first kappa shape index (κ1) is 20.2. The highest BCUT2D eigenvalue weighted by atomic mass is 16.6. The molecule has 0 saturated heterocycles. The zero-order valence-corrected chi connectivity index (χ0v) is 15.8. The quantitative estimate of drug-likeness (QED) is 0.455. The summed E-state index contributed by atoms with van der Waals surface area (Å²) in [6.45, 7) is 6.66. The maximum absolute atomic E-state index is 12.2. The third-order valence-electron chi connectivity index (χ3n) is 3.75. The Balaban J connectivity index is 1.91. The van der Waals surface area contributed by atoms with E-state index in [2.05, 4.69) is 4.98 Å². The van der Waals surface area contributed by atoms with Gasteiger partial charge in [-0.25, -0.2) is 14.4 Å². The van der Waals surface area contributed by atoms with Gasteiger partial charge in [-0.3, -0.25) is 0 Å². The van der Waals surface area contributed by atoms with E-state index in [1.807, 2.05) is 0 Å². The Morgan fingerprint density at radius 1 is 0.926 bits per heavy atom. The number of carbonyl (C=O) groups excluding carboxylic acids is 3. The van der Waals surface area contributed by atoms with Crippen molar-refractivity contribution in [2.24, 2.45) is 0 Å². The van der Waals surface area contributed by atoms with Crippen LogP contribution < -0.4 is 0 Å².